The van der Waals surface area contributed by atoms with Crippen LogP contribution in [0.5, 0.6) is 0 Å². The van der Waals surface area contributed by atoms with E-state index >= 15 is 0 Å². The third-order valence-electron chi connectivity index (χ3n) is 4.79. The maximum Gasteiger partial charge on any atom is 0.260 e. The Bertz CT molecular complexity index is 1060. The molecule has 1 aliphatic heterocycles. The summed E-state index contributed by atoms with van der Waals surface area (Å²) in [4.78, 5) is 0.0570. The topological polar surface area (TPSA) is 40.6 Å². The molecule has 1 fully saturated rings. The van der Waals surface area contributed by atoms with Crippen molar-refractivity contribution >= 4 is 27.3 Å². The fourth-order valence-electron chi connectivity index (χ4n) is 3.47. The highest BCUT2D eigenvalue weighted by Crippen LogP contribution is 2.39. The second-order valence-corrected chi connectivity index (χ2v) is 8.82. The van der Waals surface area contributed by atoms with E-state index < -0.39 is 15.8 Å². The first-order valence-corrected chi connectivity index (χ1v) is 10.7. The third kappa shape index (κ3) is 3.51. The molecule has 0 aromatic heterocycles. The molecule has 0 spiro atoms. The Labute approximate surface area is 168 Å². The molecule has 0 bridgehead atoms. The van der Waals surface area contributed by atoms with Gasteiger partial charge < -0.3 is 0 Å². The zero-order valence-electron chi connectivity index (χ0n) is 14.9. The summed E-state index contributed by atoms with van der Waals surface area (Å²) < 4.78 is 41.3. The van der Waals surface area contributed by atoms with Crippen molar-refractivity contribution in [1.29, 1.82) is 0 Å². The van der Waals surface area contributed by atoms with Gasteiger partial charge in [-0.25, -0.2) is 12.8 Å². The molecule has 0 amide bonds. The molecule has 0 aliphatic carbocycles. The van der Waals surface area contributed by atoms with Gasteiger partial charge in [-0.3, -0.25) is 5.01 Å². The molecule has 1 heterocycles. The van der Waals surface area contributed by atoms with Crippen molar-refractivity contribution in [3.63, 3.8) is 0 Å². The predicted octanol–water partition coefficient (Wildman–Crippen LogP) is 5.04. The van der Waals surface area contributed by atoms with Gasteiger partial charge in [-0.15, -0.1) is 4.41 Å². The highest BCUT2D eigenvalue weighted by molar-refractivity contribution is 7.89. The van der Waals surface area contributed by atoms with Gasteiger partial charge in [-0.2, -0.15) is 0 Å². The normalized spacial score (nSPS) is 17.8. The molecule has 0 radical (unpaired) electrons. The van der Waals surface area contributed by atoms with Crippen LogP contribution in [0.4, 0.5) is 10.1 Å². The van der Waals surface area contributed by atoms with Gasteiger partial charge in [0.1, 0.15) is 5.82 Å². The van der Waals surface area contributed by atoms with E-state index in [1.54, 1.807) is 29.3 Å². The largest absolute Gasteiger partial charge is 0.285 e. The van der Waals surface area contributed by atoms with Crippen LogP contribution >= 0.6 is 11.6 Å². The van der Waals surface area contributed by atoms with E-state index in [0.717, 1.165) is 23.4 Å². The van der Waals surface area contributed by atoms with Crippen molar-refractivity contribution in [2.45, 2.75) is 17.4 Å². The van der Waals surface area contributed by atoms with Gasteiger partial charge in [0.2, 0.25) is 0 Å². The Morgan fingerprint density at radius 3 is 2.18 bits per heavy atom. The Morgan fingerprint density at radius 2 is 1.54 bits per heavy atom. The first-order chi connectivity index (χ1) is 13.5. The maximum atomic E-state index is 13.3. The van der Waals surface area contributed by atoms with Gasteiger partial charge in [0.05, 0.1) is 16.6 Å². The molecule has 7 heteroatoms. The van der Waals surface area contributed by atoms with Gasteiger partial charge in [0, 0.05) is 11.6 Å². The van der Waals surface area contributed by atoms with E-state index in [0.29, 0.717) is 18.0 Å². The molecule has 1 atom stereocenters. The first kappa shape index (κ1) is 18.9. The monoisotopic (exact) mass is 416 g/mol. The second-order valence-electron chi connectivity index (χ2n) is 6.54. The summed E-state index contributed by atoms with van der Waals surface area (Å²) in [5, 5.41) is 2.36. The summed E-state index contributed by atoms with van der Waals surface area (Å²) in [6.07, 6.45) is 0.632. The van der Waals surface area contributed by atoms with E-state index in [1.807, 2.05) is 30.3 Å². The summed E-state index contributed by atoms with van der Waals surface area (Å²) in [7, 11) is -3.84. The van der Waals surface area contributed by atoms with E-state index in [4.69, 9.17) is 11.6 Å². The Hall–Kier alpha value is -2.41. The lowest BCUT2D eigenvalue weighted by atomic mass is 10.0. The molecular weight excluding hydrogens is 399 g/mol. The molecule has 3 aromatic carbocycles. The van der Waals surface area contributed by atoms with Crippen molar-refractivity contribution < 1.29 is 12.8 Å². The Morgan fingerprint density at radius 1 is 0.893 bits per heavy atom. The number of nitrogens with zero attached hydrogens (tertiary/aromatic N) is 2. The van der Waals surface area contributed by atoms with Crippen molar-refractivity contribution in [3.05, 3.63) is 95.3 Å². The predicted molar refractivity (Wildman–Crippen MR) is 108 cm³/mol. The SMILES string of the molecule is O=S(=O)(c1ccc(F)cc1)N1CCC(c2ccccc2)N1c1ccc(Cl)cc1. The summed E-state index contributed by atoms with van der Waals surface area (Å²) in [5.41, 5.74) is 1.75. The average molecular weight is 417 g/mol. The minimum Gasteiger partial charge on any atom is -0.285 e. The zero-order chi connectivity index (χ0) is 19.7. The quantitative estimate of drug-likeness (QED) is 0.598. The fourth-order valence-corrected chi connectivity index (χ4v) is 5.10. The van der Waals surface area contributed by atoms with Crippen LogP contribution in [0.25, 0.3) is 0 Å². The lowest BCUT2D eigenvalue weighted by Crippen LogP contribution is -2.42. The van der Waals surface area contributed by atoms with Crippen molar-refractivity contribution in [1.82, 2.24) is 4.41 Å². The van der Waals surface area contributed by atoms with E-state index in [9.17, 15) is 12.8 Å². The van der Waals surface area contributed by atoms with Crippen molar-refractivity contribution in [3.8, 4) is 0 Å². The lowest BCUT2D eigenvalue weighted by Gasteiger charge is -2.33. The van der Waals surface area contributed by atoms with Crippen LogP contribution in [0.1, 0.15) is 18.0 Å². The number of anilines is 1. The zero-order valence-corrected chi connectivity index (χ0v) is 16.4. The molecule has 1 unspecified atom stereocenters. The fraction of sp³-hybridized carbons (Fsp3) is 0.143. The van der Waals surface area contributed by atoms with Gasteiger partial charge in [-0.05, 0) is 60.5 Å². The van der Waals surface area contributed by atoms with Crippen molar-refractivity contribution in [2.75, 3.05) is 11.6 Å². The number of hydrazine groups is 1. The standard InChI is InChI=1S/C21H18ClFN2O2S/c22-17-6-10-19(11-7-17)25-21(16-4-2-1-3-5-16)14-15-24(25)28(26,27)20-12-8-18(23)9-13-20/h1-13,21H,14-15H2. The highest BCUT2D eigenvalue weighted by atomic mass is 35.5. The second kappa shape index (κ2) is 7.54. The molecule has 1 aliphatic rings. The highest BCUT2D eigenvalue weighted by Gasteiger charge is 2.40. The molecule has 4 rings (SSSR count). The molecule has 144 valence electrons. The number of halogens is 2. The lowest BCUT2D eigenvalue weighted by molar-refractivity contribution is 0.440. The molecule has 0 saturated carbocycles. The van der Waals surface area contributed by atoms with Crippen LogP contribution in [0.2, 0.25) is 5.02 Å². The van der Waals surface area contributed by atoms with Crippen LogP contribution in [-0.4, -0.2) is 19.4 Å². The van der Waals surface area contributed by atoms with Crippen LogP contribution in [0.15, 0.2) is 83.8 Å². The molecule has 0 N–H and O–H groups in total. The molecule has 4 nitrogen and oxygen atoms in total. The molecular formula is C21H18ClFN2O2S. The van der Waals surface area contributed by atoms with Crippen LogP contribution in [0, 0.1) is 5.82 Å². The van der Waals surface area contributed by atoms with E-state index in [-0.39, 0.29) is 10.9 Å². The van der Waals surface area contributed by atoms with Gasteiger partial charge in [-0.1, -0.05) is 41.9 Å². The maximum absolute atomic E-state index is 13.3. The third-order valence-corrected chi connectivity index (χ3v) is 6.83. The van der Waals surface area contributed by atoms with E-state index in [2.05, 4.69) is 0 Å². The van der Waals surface area contributed by atoms with Crippen LogP contribution < -0.4 is 5.01 Å². The summed E-state index contributed by atoms with van der Waals surface area (Å²) in [6.45, 7) is 0.321. The number of hydrogen-bond donors (Lipinski definition) is 0. The molecule has 3 aromatic rings. The van der Waals surface area contributed by atoms with Gasteiger partial charge in [0.25, 0.3) is 10.0 Å². The van der Waals surface area contributed by atoms with Crippen LogP contribution in [-0.2, 0) is 10.0 Å². The van der Waals surface area contributed by atoms with Crippen LogP contribution in [0.3, 0.4) is 0 Å². The average Bonchev–Trinajstić information content (AvgIpc) is 3.15. The van der Waals surface area contributed by atoms with Crippen molar-refractivity contribution in [2.24, 2.45) is 0 Å². The smallest absolute Gasteiger partial charge is 0.260 e. The summed E-state index contributed by atoms with van der Waals surface area (Å²) >= 11 is 6.02. The Balaban J connectivity index is 1.79. The molecule has 28 heavy (non-hydrogen) atoms. The summed E-state index contributed by atoms with van der Waals surface area (Å²) in [5.74, 6) is -0.475. The van der Waals surface area contributed by atoms with Gasteiger partial charge >= 0.3 is 0 Å². The minimum absolute atomic E-state index is 0.0570. The molecule has 1 saturated heterocycles. The first-order valence-electron chi connectivity index (χ1n) is 8.85. The number of hydrogen-bond acceptors (Lipinski definition) is 3. The number of rotatable bonds is 4. The Kier molecular flexibility index (Phi) is 5.10. The number of benzene rings is 3. The van der Waals surface area contributed by atoms with Gasteiger partial charge in [0.15, 0.2) is 0 Å². The minimum atomic E-state index is -3.84. The summed E-state index contributed by atoms with van der Waals surface area (Å²) in [6, 6.07) is 21.6. The van der Waals surface area contributed by atoms with E-state index in [1.165, 1.54) is 16.5 Å². The number of sulfonamides is 1.